The normalized spacial score (nSPS) is 14.0. The summed E-state index contributed by atoms with van der Waals surface area (Å²) in [5, 5.41) is 0. The fourth-order valence-corrected chi connectivity index (χ4v) is 5.79. The topological polar surface area (TPSA) is 134 Å². The number of esters is 2. The summed E-state index contributed by atoms with van der Waals surface area (Å²) in [6, 6.07) is 0. The highest BCUT2D eigenvalue weighted by molar-refractivity contribution is 7.47. The summed E-state index contributed by atoms with van der Waals surface area (Å²) in [7, 11) is -4.38. The second kappa shape index (κ2) is 37.5. The van der Waals surface area contributed by atoms with Gasteiger partial charge in [0.2, 0.25) is 0 Å². The van der Waals surface area contributed by atoms with Crippen molar-refractivity contribution in [2.75, 3.05) is 26.4 Å². The summed E-state index contributed by atoms with van der Waals surface area (Å²) in [6.07, 6.45) is 42.6. The first-order valence-corrected chi connectivity index (χ1v) is 21.3. The molecule has 1 unspecified atom stereocenters. The second-order valence-corrected chi connectivity index (χ2v) is 14.2. The first-order chi connectivity index (χ1) is 24.8. The Morgan fingerprint density at radius 1 is 0.608 bits per heavy atom. The van der Waals surface area contributed by atoms with Gasteiger partial charge in [0.15, 0.2) is 6.10 Å². The molecule has 294 valence electrons. The fraction of sp³-hybridized carbons (Fsp3) is 0.707. The molecule has 0 aliphatic carbocycles. The van der Waals surface area contributed by atoms with Gasteiger partial charge in [0.1, 0.15) is 6.61 Å². The van der Waals surface area contributed by atoms with Crippen molar-refractivity contribution in [3.63, 3.8) is 0 Å². The van der Waals surface area contributed by atoms with E-state index < -0.39 is 32.5 Å². The maximum absolute atomic E-state index is 12.5. The minimum Gasteiger partial charge on any atom is -0.462 e. The number of hydrogen-bond donors (Lipinski definition) is 2. The van der Waals surface area contributed by atoms with E-state index in [0.29, 0.717) is 12.8 Å². The van der Waals surface area contributed by atoms with Crippen LogP contribution in [0.2, 0.25) is 0 Å². The number of nitrogens with two attached hydrogens (primary N) is 1. The molecule has 0 bridgehead atoms. The van der Waals surface area contributed by atoms with Crippen LogP contribution in [0.25, 0.3) is 0 Å². The fourth-order valence-electron chi connectivity index (χ4n) is 5.02. The van der Waals surface area contributed by atoms with Crippen molar-refractivity contribution in [1.29, 1.82) is 0 Å². The van der Waals surface area contributed by atoms with Gasteiger partial charge in [0.25, 0.3) is 0 Å². The van der Waals surface area contributed by atoms with Gasteiger partial charge in [-0.1, -0.05) is 152 Å². The van der Waals surface area contributed by atoms with Crippen molar-refractivity contribution in [2.45, 2.75) is 161 Å². The van der Waals surface area contributed by atoms with Crippen LogP contribution in [0, 0.1) is 0 Å². The van der Waals surface area contributed by atoms with Crippen molar-refractivity contribution in [2.24, 2.45) is 5.73 Å². The Bertz CT molecular complexity index is 1020. The number of unbranched alkanes of at least 4 members (excludes halogenated alkanes) is 13. The SMILES string of the molecule is CC/C=C\C/C=C\C/C=C\C/C=C\C/C=C\CCCC(=O)OC[C@H](COP(=O)(O)OCCN)OC(=O)CCCCCCCCCCCCCCC. The van der Waals surface area contributed by atoms with E-state index in [-0.39, 0.29) is 32.6 Å². The third-order valence-corrected chi connectivity index (χ3v) is 8.90. The molecule has 0 heterocycles. The molecule has 0 fully saturated rings. The lowest BCUT2D eigenvalue weighted by atomic mass is 10.0. The van der Waals surface area contributed by atoms with Crippen LogP contribution in [0.3, 0.4) is 0 Å². The minimum atomic E-state index is -4.38. The molecule has 0 aromatic rings. The molecular formula is C41H72NO8P. The monoisotopic (exact) mass is 737 g/mol. The second-order valence-electron chi connectivity index (χ2n) is 12.8. The molecule has 0 aliphatic heterocycles. The van der Waals surface area contributed by atoms with Gasteiger partial charge >= 0.3 is 19.8 Å². The highest BCUT2D eigenvalue weighted by atomic mass is 31.2. The lowest BCUT2D eigenvalue weighted by Gasteiger charge is -2.19. The zero-order valence-corrected chi connectivity index (χ0v) is 33.0. The standard InChI is InChI=1S/C41H72NO8P/c1-3-5-7-9-11-13-15-17-18-19-20-22-23-25-27-29-31-33-40(43)47-37-39(38-49-51(45,46)48-36-35-42)50-41(44)34-32-30-28-26-24-21-16-14-12-10-8-6-4-2/h5,7,11,13,17-18,20,22,25,27,39H,3-4,6,8-10,12,14-16,19,21,23-24,26,28-38,42H2,1-2H3,(H,45,46)/b7-5-,13-11-,18-17-,22-20-,27-25-/t39-/m1/s1. The first kappa shape index (κ1) is 48.7. The van der Waals surface area contributed by atoms with Crippen molar-refractivity contribution in [3.05, 3.63) is 60.8 Å². The van der Waals surface area contributed by atoms with Crippen LogP contribution in [-0.4, -0.2) is 49.3 Å². The zero-order valence-electron chi connectivity index (χ0n) is 32.1. The number of rotatable bonds is 36. The van der Waals surface area contributed by atoms with E-state index in [1.165, 1.54) is 57.8 Å². The van der Waals surface area contributed by atoms with E-state index in [1.807, 2.05) is 6.08 Å². The molecule has 3 N–H and O–H groups in total. The molecule has 2 atom stereocenters. The summed E-state index contributed by atoms with van der Waals surface area (Å²) in [6.45, 7) is 3.53. The Hall–Kier alpha value is -2.29. The van der Waals surface area contributed by atoms with Gasteiger partial charge in [-0.15, -0.1) is 0 Å². The predicted molar refractivity (Wildman–Crippen MR) is 210 cm³/mol. The van der Waals surface area contributed by atoms with Crippen LogP contribution in [0.4, 0.5) is 0 Å². The van der Waals surface area contributed by atoms with Crippen molar-refractivity contribution in [3.8, 4) is 0 Å². The third kappa shape index (κ3) is 37.3. The highest BCUT2D eigenvalue weighted by Crippen LogP contribution is 2.43. The third-order valence-electron chi connectivity index (χ3n) is 7.92. The van der Waals surface area contributed by atoms with E-state index in [0.717, 1.165) is 57.8 Å². The van der Waals surface area contributed by atoms with Crippen molar-refractivity contribution in [1.82, 2.24) is 0 Å². The van der Waals surface area contributed by atoms with E-state index in [1.54, 1.807) is 0 Å². The van der Waals surface area contributed by atoms with Gasteiger partial charge < -0.3 is 20.1 Å². The molecule has 0 aliphatic rings. The first-order valence-electron chi connectivity index (χ1n) is 19.8. The summed E-state index contributed by atoms with van der Waals surface area (Å²) in [5.41, 5.74) is 5.33. The van der Waals surface area contributed by atoms with E-state index in [9.17, 15) is 19.0 Å². The maximum atomic E-state index is 12.5. The van der Waals surface area contributed by atoms with Crippen LogP contribution in [-0.2, 0) is 32.7 Å². The Kier molecular flexibility index (Phi) is 35.8. The van der Waals surface area contributed by atoms with Gasteiger partial charge in [-0.3, -0.25) is 18.6 Å². The van der Waals surface area contributed by atoms with Crippen LogP contribution in [0.15, 0.2) is 60.8 Å². The number of carbonyl (C=O) groups is 2. The van der Waals surface area contributed by atoms with E-state index >= 15 is 0 Å². The van der Waals surface area contributed by atoms with Gasteiger partial charge in [-0.2, -0.15) is 0 Å². The summed E-state index contributed by atoms with van der Waals surface area (Å²) in [4.78, 5) is 34.7. The molecule has 0 spiro atoms. The molecule has 0 rings (SSSR count). The minimum absolute atomic E-state index is 0.0443. The molecule has 0 saturated carbocycles. The van der Waals surface area contributed by atoms with Gasteiger partial charge in [0.05, 0.1) is 13.2 Å². The molecule has 0 saturated heterocycles. The zero-order chi connectivity index (χ0) is 37.5. The van der Waals surface area contributed by atoms with Crippen LogP contribution >= 0.6 is 7.82 Å². The van der Waals surface area contributed by atoms with Gasteiger partial charge in [0, 0.05) is 19.4 Å². The summed E-state index contributed by atoms with van der Waals surface area (Å²) >= 11 is 0. The average Bonchev–Trinajstić information content (AvgIpc) is 3.11. The quantitative estimate of drug-likeness (QED) is 0.0279. The Balaban J connectivity index is 4.31. The van der Waals surface area contributed by atoms with Gasteiger partial charge in [-0.25, -0.2) is 4.57 Å². The Morgan fingerprint density at radius 3 is 1.59 bits per heavy atom. The molecule has 0 aromatic heterocycles. The number of ether oxygens (including phenoxy) is 2. The predicted octanol–water partition coefficient (Wildman–Crippen LogP) is 10.9. The number of phosphoric acid groups is 1. The Morgan fingerprint density at radius 2 is 1.08 bits per heavy atom. The molecule has 9 nitrogen and oxygen atoms in total. The average molecular weight is 738 g/mol. The molecule has 0 radical (unpaired) electrons. The molecule has 51 heavy (non-hydrogen) atoms. The Labute approximate surface area is 310 Å². The molecular weight excluding hydrogens is 665 g/mol. The van der Waals surface area contributed by atoms with Crippen molar-refractivity contribution >= 4 is 19.8 Å². The lowest BCUT2D eigenvalue weighted by Crippen LogP contribution is -2.29. The van der Waals surface area contributed by atoms with E-state index in [2.05, 4.69) is 68.5 Å². The summed E-state index contributed by atoms with van der Waals surface area (Å²) in [5.74, 6) is -0.900. The van der Waals surface area contributed by atoms with Crippen LogP contribution < -0.4 is 5.73 Å². The van der Waals surface area contributed by atoms with E-state index in [4.69, 9.17) is 24.3 Å². The number of hydrogen-bond acceptors (Lipinski definition) is 8. The highest BCUT2D eigenvalue weighted by Gasteiger charge is 2.25. The lowest BCUT2D eigenvalue weighted by molar-refractivity contribution is -0.161. The summed E-state index contributed by atoms with van der Waals surface area (Å²) < 4.78 is 32.6. The van der Waals surface area contributed by atoms with Crippen molar-refractivity contribution < 1.29 is 37.6 Å². The largest absolute Gasteiger partial charge is 0.472 e. The van der Waals surface area contributed by atoms with Gasteiger partial charge in [-0.05, 0) is 51.4 Å². The molecule has 10 heteroatoms. The maximum Gasteiger partial charge on any atom is 0.472 e. The molecule has 0 amide bonds. The number of allylic oxidation sites excluding steroid dienone is 10. The number of phosphoric ester groups is 1. The molecule has 0 aromatic carbocycles. The van der Waals surface area contributed by atoms with Crippen LogP contribution in [0.5, 0.6) is 0 Å². The smallest absolute Gasteiger partial charge is 0.462 e. The van der Waals surface area contributed by atoms with Crippen LogP contribution in [0.1, 0.15) is 155 Å². The number of carbonyl (C=O) groups excluding carboxylic acids is 2.